The van der Waals surface area contributed by atoms with Gasteiger partial charge in [0, 0.05) is 35.7 Å². The summed E-state index contributed by atoms with van der Waals surface area (Å²) in [6, 6.07) is 0. The van der Waals surface area contributed by atoms with Gasteiger partial charge in [-0.05, 0) is 0 Å². The van der Waals surface area contributed by atoms with Crippen LogP contribution in [-0.4, -0.2) is 26.7 Å². The van der Waals surface area contributed by atoms with Crippen molar-refractivity contribution in [3.05, 3.63) is 18.7 Å². The van der Waals surface area contributed by atoms with E-state index in [1.165, 1.54) is 0 Å². The van der Waals surface area contributed by atoms with Gasteiger partial charge in [0.05, 0.1) is 6.33 Å². The van der Waals surface area contributed by atoms with E-state index in [-0.39, 0.29) is 69.1 Å². The molecule has 1 aromatic heterocycles. The normalized spacial score (nSPS) is 5.36. The number of imidazole rings is 1. The van der Waals surface area contributed by atoms with Crippen LogP contribution in [0.15, 0.2) is 18.7 Å². The van der Waals surface area contributed by atoms with Crippen molar-refractivity contribution in [1.29, 1.82) is 0 Å². The molecule has 1 radical (unpaired) electrons. The molecule has 9 heteroatoms. The number of H-pyrrole nitrogens is 1. The Morgan fingerprint density at radius 2 is 1.50 bits per heavy atom. The van der Waals surface area contributed by atoms with Gasteiger partial charge in [-0.15, -0.1) is 0 Å². The predicted octanol–water partition coefficient (Wildman–Crippen LogP) is -11.6. The molecule has 0 unspecified atom stereocenters. The van der Waals surface area contributed by atoms with Gasteiger partial charge in [-0.2, -0.15) is 0 Å². The largest absolute Gasteiger partial charge is 3.00 e. The van der Waals surface area contributed by atoms with E-state index >= 15 is 0 Å². The second-order valence-electron chi connectivity index (χ2n) is 1.50. The number of aromatic amines is 1. The smallest absolute Gasteiger partial charge is 1.00 e. The molecule has 1 N–H and O–H groups in total. The second kappa shape index (κ2) is 29.2. The quantitative estimate of drug-likeness (QED) is 0.449. The summed E-state index contributed by atoms with van der Waals surface area (Å²) < 4.78 is 9.56. The van der Waals surface area contributed by atoms with E-state index in [0.717, 1.165) is 0 Å². The maximum Gasteiger partial charge on any atom is 3.00 e. The van der Waals surface area contributed by atoms with Crippen molar-refractivity contribution in [3.8, 4) is 0 Å². The minimum Gasteiger partial charge on any atom is -1.00 e. The van der Waals surface area contributed by atoms with E-state index in [9.17, 15) is 4.21 Å². The van der Waals surface area contributed by atoms with Crippen LogP contribution in [0.25, 0.3) is 0 Å². The molecular weight excluding hydrogens is 379 g/mol. The summed E-state index contributed by atoms with van der Waals surface area (Å²) in [4.78, 5) is 6.42. The number of nitrogens with one attached hydrogen (secondary N) is 1. The van der Waals surface area contributed by atoms with Crippen LogP contribution < -0.4 is 49.6 Å². The first-order valence-corrected chi connectivity index (χ1v) is 4.38. The molecule has 14 heavy (non-hydrogen) atoms. The molecule has 1 rings (SSSR count). The number of halogens is 4. The summed E-state index contributed by atoms with van der Waals surface area (Å²) in [6.07, 6.45) is 8.36. The van der Waals surface area contributed by atoms with Crippen LogP contribution in [0.4, 0.5) is 0 Å². The summed E-state index contributed by atoms with van der Waals surface area (Å²) in [7, 11) is -0.611. The van der Waals surface area contributed by atoms with Crippen molar-refractivity contribution in [1.82, 2.24) is 9.97 Å². The van der Waals surface area contributed by atoms with Crippen LogP contribution in [0, 0.1) is 0 Å². The zero-order valence-corrected chi connectivity index (χ0v) is 12.9. The standard InChI is InChI=1S/C3H4N2.C2H6OS.4ClH.Ru/c1-2-5-3-4-1;1-4(2)3;;;;;/h1-3H,(H,4,5);1-2H3;4*1H;/q;;;;;;+3/p-4. The second-order valence-corrected chi connectivity index (χ2v) is 2.99. The minimum atomic E-state index is -0.611. The van der Waals surface area contributed by atoms with Crippen LogP contribution in [0.2, 0.25) is 0 Å². The van der Waals surface area contributed by atoms with Crippen LogP contribution >= 0.6 is 0 Å². The molecular formula is C5H10Cl4N2ORuS-. The van der Waals surface area contributed by atoms with E-state index in [0.29, 0.717) is 0 Å². The Labute approximate surface area is 124 Å². The number of hydrogen-bond donors (Lipinski definition) is 1. The Balaban J connectivity index is -0.0000000171. The molecule has 0 saturated heterocycles. The van der Waals surface area contributed by atoms with E-state index in [4.69, 9.17) is 0 Å². The summed E-state index contributed by atoms with van der Waals surface area (Å²) in [5.74, 6) is 0. The topological polar surface area (TPSA) is 45.8 Å². The van der Waals surface area contributed by atoms with E-state index in [1.54, 1.807) is 31.2 Å². The van der Waals surface area contributed by atoms with Crippen molar-refractivity contribution in [2.24, 2.45) is 0 Å². The number of nitrogens with zero attached hydrogens (tertiary/aromatic N) is 1. The van der Waals surface area contributed by atoms with Gasteiger partial charge in [-0.3, -0.25) is 4.21 Å². The van der Waals surface area contributed by atoms with Crippen molar-refractivity contribution >= 4 is 10.8 Å². The third-order valence-electron chi connectivity index (χ3n) is 0.406. The SMILES string of the molecule is CS(C)=O.[Cl-].[Cl-].[Cl-].[Cl-].[Ru+3].c1c[nH]cn1. The zero-order chi connectivity index (χ0) is 7.11. The third kappa shape index (κ3) is 51.4. The molecule has 0 bridgehead atoms. The van der Waals surface area contributed by atoms with Gasteiger partial charge in [-0.25, -0.2) is 4.98 Å². The molecule has 1 heterocycles. The number of aromatic nitrogens is 2. The Bertz CT molecular complexity index is 146. The zero-order valence-electron chi connectivity index (χ0n) is 7.36. The summed E-state index contributed by atoms with van der Waals surface area (Å²) in [5.41, 5.74) is 0. The fourth-order valence-corrected chi connectivity index (χ4v) is 0.215. The number of hydrogen-bond acceptors (Lipinski definition) is 2. The van der Waals surface area contributed by atoms with Gasteiger partial charge >= 0.3 is 19.5 Å². The molecule has 0 spiro atoms. The van der Waals surface area contributed by atoms with E-state index in [2.05, 4.69) is 9.97 Å². The maximum absolute atomic E-state index is 9.56. The van der Waals surface area contributed by atoms with Crippen molar-refractivity contribution < 1.29 is 73.3 Å². The minimum absolute atomic E-state index is 0. The van der Waals surface area contributed by atoms with Gasteiger partial charge in [0.1, 0.15) is 0 Å². The monoisotopic (exact) mass is 388 g/mol. The first-order chi connectivity index (χ1) is 4.23. The van der Waals surface area contributed by atoms with Gasteiger partial charge in [0.25, 0.3) is 0 Å². The molecule has 0 aromatic carbocycles. The van der Waals surface area contributed by atoms with Crippen molar-refractivity contribution in [2.75, 3.05) is 12.5 Å². The van der Waals surface area contributed by atoms with Crippen LogP contribution in [0.1, 0.15) is 0 Å². The third-order valence-corrected chi connectivity index (χ3v) is 0.406. The fraction of sp³-hybridized carbons (Fsp3) is 0.400. The van der Waals surface area contributed by atoms with E-state index < -0.39 is 10.8 Å². The van der Waals surface area contributed by atoms with Gasteiger partial charge in [0.2, 0.25) is 0 Å². The van der Waals surface area contributed by atoms with Gasteiger partial charge in [0.15, 0.2) is 0 Å². The molecule has 0 aliphatic carbocycles. The van der Waals surface area contributed by atoms with Crippen molar-refractivity contribution in [2.45, 2.75) is 0 Å². The van der Waals surface area contributed by atoms with Crippen molar-refractivity contribution in [3.63, 3.8) is 0 Å². The van der Waals surface area contributed by atoms with Crippen LogP contribution in [0.5, 0.6) is 0 Å². The molecule has 0 atom stereocenters. The Morgan fingerprint density at radius 1 is 1.14 bits per heavy atom. The molecule has 0 aliphatic heterocycles. The summed E-state index contributed by atoms with van der Waals surface area (Å²) in [5, 5.41) is 0. The number of rotatable bonds is 0. The molecule has 89 valence electrons. The Hall–Kier alpha value is 1.14. The molecule has 0 fully saturated rings. The maximum atomic E-state index is 9.56. The van der Waals surface area contributed by atoms with Crippen LogP contribution in [0.3, 0.4) is 0 Å². The summed E-state index contributed by atoms with van der Waals surface area (Å²) in [6.45, 7) is 0. The summed E-state index contributed by atoms with van der Waals surface area (Å²) >= 11 is 0. The molecule has 0 aliphatic rings. The Kier molecular flexibility index (Phi) is 75.6. The average molecular weight is 389 g/mol. The molecule has 0 saturated carbocycles. The van der Waals surface area contributed by atoms with Gasteiger partial charge < -0.3 is 54.6 Å². The predicted molar refractivity (Wildman–Crippen MR) is 38.6 cm³/mol. The van der Waals surface area contributed by atoms with Crippen LogP contribution in [-0.2, 0) is 30.3 Å². The molecule has 1 aromatic rings. The first kappa shape index (κ1) is 36.2. The Morgan fingerprint density at radius 3 is 1.57 bits per heavy atom. The van der Waals surface area contributed by atoms with Gasteiger partial charge in [-0.1, -0.05) is 0 Å². The van der Waals surface area contributed by atoms with E-state index in [1.807, 2.05) is 0 Å². The first-order valence-electron chi connectivity index (χ1n) is 2.41. The fourth-order valence-electron chi connectivity index (χ4n) is 0.215. The molecule has 0 amide bonds. The average Bonchev–Trinajstić information content (AvgIpc) is 2.11. The molecule has 3 nitrogen and oxygen atoms in total.